The first-order chi connectivity index (χ1) is 9.56. The molecular weight excluding hydrogens is 258 g/mol. The Morgan fingerprint density at radius 3 is 2.15 bits per heavy atom. The van der Waals surface area contributed by atoms with Crippen LogP contribution < -0.4 is 0 Å². The standard InChI is InChI=1S/C15H11NO4/c17-14(18)11-6-4-10(5-7-11)9-16-13-3-1-2-12(8-13)15(19)20/h1-9H,(H,17,18)(H,19,20)/b16-9+. The second-order valence-corrected chi connectivity index (χ2v) is 4.04. The van der Waals surface area contributed by atoms with Crippen LogP contribution in [0, 0.1) is 0 Å². The predicted octanol–water partition coefficient (Wildman–Crippen LogP) is 2.83. The van der Waals surface area contributed by atoms with E-state index in [1.54, 1.807) is 30.5 Å². The van der Waals surface area contributed by atoms with Gasteiger partial charge >= 0.3 is 11.9 Å². The fourth-order valence-corrected chi connectivity index (χ4v) is 1.58. The molecule has 2 N–H and O–H groups in total. The van der Waals surface area contributed by atoms with E-state index < -0.39 is 11.9 Å². The van der Waals surface area contributed by atoms with Gasteiger partial charge in [-0.25, -0.2) is 9.59 Å². The van der Waals surface area contributed by atoms with E-state index in [0.29, 0.717) is 5.69 Å². The summed E-state index contributed by atoms with van der Waals surface area (Å²) in [7, 11) is 0. The van der Waals surface area contributed by atoms with Gasteiger partial charge in [0.2, 0.25) is 0 Å². The zero-order valence-electron chi connectivity index (χ0n) is 10.4. The molecule has 2 rings (SSSR count). The van der Waals surface area contributed by atoms with Gasteiger partial charge in [-0.2, -0.15) is 0 Å². The van der Waals surface area contributed by atoms with E-state index in [9.17, 15) is 9.59 Å². The normalized spacial score (nSPS) is 10.6. The van der Waals surface area contributed by atoms with Crippen LogP contribution in [-0.2, 0) is 0 Å². The minimum atomic E-state index is -1.01. The number of carbonyl (C=O) groups is 2. The highest BCUT2D eigenvalue weighted by atomic mass is 16.4. The number of nitrogens with zero attached hydrogens (tertiary/aromatic N) is 1. The molecule has 0 saturated heterocycles. The van der Waals surface area contributed by atoms with Crippen LogP contribution >= 0.6 is 0 Å². The van der Waals surface area contributed by atoms with Gasteiger partial charge in [-0.3, -0.25) is 4.99 Å². The fourth-order valence-electron chi connectivity index (χ4n) is 1.58. The van der Waals surface area contributed by atoms with Gasteiger partial charge in [-0.05, 0) is 35.9 Å². The Morgan fingerprint density at radius 1 is 0.900 bits per heavy atom. The van der Waals surface area contributed by atoms with E-state index in [0.717, 1.165) is 5.56 Å². The second-order valence-electron chi connectivity index (χ2n) is 4.04. The maximum atomic E-state index is 10.8. The van der Waals surface area contributed by atoms with Crippen molar-refractivity contribution >= 4 is 23.8 Å². The summed E-state index contributed by atoms with van der Waals surface area (Å²) in [6.07, 6.45) is 1.55. The van der Waals surface area contributed by atoms with Crippen LogP contribution in [0.2, 0.25) is 0 Å². The van der Waals surface area contributed by atoms with E-state index in [2.05, 4.69) is 4.99 Å². The van der Waals surface area contributed by atoms with Crippen molar-refractivity contribution in [1.82, 2.24) is 0 Å². The van der Waals surface area contributed by atoms with Crippen molar-refractivity contribution in [1.29, 1.82) is 0 Å². The average Bonchev–Trinajstić information content (AvgIpc) is 2.46. The van der Waals surface area contributed by atoms with E-state index in [-0.39, 0.29) is 11.1 Å². The highest BCUT2D eigenvalue weighted by Gasteiger charge is 2.02. The summed E-state index contributed by atoms with van der Waals surface area (Å²) in [6, 6.07) is 12.5. The van der Waals surface area contributed by atoms with Gasteiger partial charge in [-0.15, -0.1) is 0 Å². The largest absolute Gasteiger partial charge is 0.478 e. The average molecular weight is 269 g/mol. The van der Waals surface area contributed by atoms with Crippen LogP contribution in [0.5, 0.6) is 0 Å². The molecule has 0 bridgehead atoms. The Kier molecular flexibility index (Phi) is 3.91. The first-order valence-corrected chi connectivity index (χ1v) is 5.77. The third kappa shape index (κ3) is 3.29. The summed E-state index contributed by atoms with van der Waals surface area (Å²) in [5.41, 5.74) is 1.62. The quantitative estimate of drug-likeness (QED) is 0.835. The Morgan fingerprint density at radius 2 is 1.55 bits per heavy atom. The Labute approximate surface area is 114 Å². The molecule has 100 valence electrons. The summed E-state index contributed by atoms with van der Waals surface area (Å²) in [5, 5.41) is 17.6. The van der Waals surface area contributed by atoms with Crippen molar-refractivity contribution in [3.05, 3.63) is 65.2 Å². The van der Waals surface area contributed by atoms with Crippen molar-refractivity contribution in [3.63, 3.8) is 0 Å². The third-order valence-electron chi connectivity index (χ3n) is 2.61. The van der Waals surface area contributed by atoms with Gasteiger partial charge in [0.05, 0.1) is 16.8 Å². The number of aliphatic imine (C=N–C) groups is 1. The van der Waals surface area contributed by atoms with Gasteiger partial charge < -0.3 is 10.2 Å². The molecule has 0 atom stereocenters. The van der Waals surface area contributed by atoms with Gasteiger partial charge in [-0.1, -0.05) is 18.2 Å². The van der Waals surface area contributed by atoms with Crippen LogP contribution in [0.3, 0.4) is 0 Å². The maximum Gasteiger partial charge on any atom is 0.335 e. The summed E-state index contributed by atoms with van der Waals surface area (Å²) in [4.78, 5) is 25.7. The molecule has 0 saturated carbocycles. The third-order valence-corrected chi connectivity index (χ3v) is 2.61. The number of benzene rings is 2. The smallest absolute Gasteiger partial charge is 0.335 e. The lowest BCUT2D eigenvalue weighted by atomic mass is 10.1. The molecule has 5 heteroatoms. The lowest BCUT2D eigenvalue weighted by molar-refractivity contribution is 0.0686. The SMILES string of the molecule is O=C(O)c1ccc(/C=N/c2cccc(C(=O)O)c2)cc1. The second kappa shape index (κ2) is 5.79. The number of hydrogen-bond donors (Lipinski definition) is 2. The zero-order valence-corrected chi connectivity index (χ0v) is 10.4. The van der Waals surface area contributed by atoms with Gasteiger partial charge in [0.25, 0.3) is 0 Å². The molecule has 0 unspecified atom stereocenters. The highest BCUT2D eigenvalue weighted by Crippen LogP contribution is 2.14. The maximum absolute atomic E-state index is 10.8. The molecule has 0 fully saturated rings. The molecule has 2 aromatic rings. The van der Waals surface area contributed by atoms with Crippen molar-refractivity contribution in [2.24, 2.45) is 4.99 Å². The summed E-state index contributed by atoms with van der Waals surface area (Å²) < 4.78 is 0. The molecule has 0 aliphatic rings. The molecular formula is C15H11NO4. The topological polar surface area (TPSA) is 87.0 Å². The number of carboxylic acid groups (broad SMARTS) is 2. The Hall–Kier alpha value is -2.95. The Balaban J connectivity index is 2.18. The number of hydrogen-bond acceptors (Lipinski definition) is 3. The van der Waals surface area contributed by atoms with E-state index >= 15 is 0 Å². The lowest BCUT2D eigenvalue weighted by Gasteiger charge is -1.98. The number of rotatable bonds is 4. The first-order valence-electron chi connectivity index (χ1n) is 5.77. The van der Waals surface area contributed by atoms with E-state index in [1.807, 2.05) is 0 Å². The minimum absolute atomic E-state index is 0.167. The molecule has 0 aromatic heterocycles. The van der Waals surface area contributed by atoms with Crippen LogP contribution in [0.25, 0.3) is 0 Å². The zero-order chi connectivity index (χ0) is 14.5. The molecule has 2 aromatic carbocycles. The van der Waals surface area contributed by atoms with Crippen molar-refractivity contribution in [3.8, 4) is 0 Å². The Bertz CT molecular complexity index is 675. The van der Waals surface area contributed by atoms with Crippen molar-refractivity contribution < 1.29 is 19.8 Å². The first kappa shape index (κ1) is 13.5. The van der Waals surface area contributed by atoms with Crippen molar-refractivity contribution in [2.45, 2.75) is 0 Å². The molecule has 0 aliphatic carbocycles. The van der Waals surface area contributed by atoms with Gasteiger partial charge in [0, 0.05) is 6.21 Å². The number of aromatic carboxylic acids is 2. The van der Waals surface area contributed by atoms with E-state index in [4.69, 9.17) is 10.2 Å². The summed E-state index contributed by atoms with van der Waals surface area (Å²) in [6.45, 7) is 0. The fraction of sp³-hybridized carbons (Fsp3) is 0. The van der Waals surface area contributed by atoms with Gasteiger partial charge in [0.15, 0.2) is 0 Å². The predicted molar refractivity (Wildman–Crippen MR) is 74.1 cm³/mol. The van der Waals surface area contributed by atoms with E-state index in [1.165, 1.54) is 24.3 Å². The number of carboxylic acids is 2. The summed E-state index contributed by atoms with van der Waals surface area (Å²) in [5.74, 6) is -1.99. The minimum Gasteiger partial charge on any atom is -0.478 e. The molecule has 0 radical (unpaired) electrons. The van der Waals surface area contributed by atoms with Crippen LogP contribution in [-0.4, -0.2) is 28.4 Å². The monoisotopic (exact) mass is 269 g/mol. The molecule has 5 nitrogen and oxygen atoms in total. The summed E-state index contributed by atoms with van der Waals surface area (Å²) >= 11 is 0. The molecule has 0 heterocycles. The molecule has 20 heavy (non-hydrogen) atoms. The van der Waals surface area contributed by atoms with Crippen LogP contribution in [0.4, 0.5) is 5.69 Å². The van der Waals surface area contributed by atoms with Gasteiger partial charge in [0.1, 0.15) is 0 Å². The molecule has 0 spiro atoms. The molecule has 0 aliphatic heterocycles. The molecule has 0 amide bonds. The van der Waals surface area contributed by atoms with Crippen molar-refractivity contribution in [2.75, 3.05) is 0 Å². The van der Waals surface area contributed by atoms with Crippen LogP contribution in [0.15, 0.2) is 53.5 Å². The lowest BCUT2D eigenvalue weighted by Crippen LogP contribution is -1.95. The van der Waals surface area contributed by atoms with Crippen LogP contribution in [0.1, 0.15) is 26.3 Å². The highest BCUT2D eigenvalue weighted by molar-refractivity contribution is 5.90.